The van der Waals surface area contributed by atoms with Crippen LogP contribution in [0, 0.1) is 0 Å². The Hall–Kier alpha value is -2.14. The Morgan fingerprint density at radius 3 is 2.40 bits per heavy atom. The van der Waals surface area contributed by atoms with Gasteiger partial charge in [0.05, 0.1) is 24.0 Å². The third-order valence-corrected chi connectivity index (χ3v) is 4.94. The number of nitrogens with zero attached hydrogens (tertiary/aromatic N) is 4. The van der Waals surface area contributed by atoms with E-state index in [1.807, 2.05) is 27.8 Å². The second kappa shape index (κ2) is 7.83. The fourth-order valence-corrected chi connectivity index (χ4v) is 3.49. The summed E-state index contributed by atoms with van der Waals surface area (Å²) >= 11 is 0. The number of aromatic nitrogens is 2. The maximum absolute atomic E-state index is 13.0. The molecule has 1 fully saturated rings. The first-order valence-electron chi connectivity index (χ1n) is 9.21. The summed E-state index contributed by atoms with van der Waals surface area (Å²) in [5, 5.41) is 4.54. The Labute approximate surface area is 150 Å². The molecule has 1 saturated heterocycles. The molecule has 5 heteroatoms. The highest BCUT2D eigenvalue weighted by Gasteiger charge is 2.26. The molecule has 1 aliphatic heterocycles. The molecule has 0 atom stereocenters. The normalized spacial score (nSPS) is 15.8. The van der Waals surface area contributed by atoms with Crippen LogP contribution in [0.1, 0.15) is 48.3 Å². The van der Waals surface area contributed by atoms with E-state index in [2.05, 4.69) is 42.9 Å². The standard InChI is InChI=1S/C20H28N4O/c1-4-22-10-12-23(13-11-22)20(25)18-14-21-24(19(18)16(2)3)15-17-8-6-5-7-9-17/h5-9,14,16H,4,10-13,15H2,1-3H3. The Kier molecular flexibility index (Phi) is 5.53. The lowest BCUT2D eigenvalue weighted by molar-refractivity contribution is 0.0641. The van der Waals surface area contributed by atoms with Crippen LogP contribution < -0.4 is 0 Å². The lowest BCUT2D eigenvalue weighted by Gasteiger charge is -2.34. The molecule has 0 radical (unpaired) electrons. The van der Waals surface area contributed by atoms with Crippen LogP contribution in [0.25, 0.3) is 0 Å². The summed E-state index contributed by atoms with van der Waals surface area (Å²) in [6.07, 6.45) is 1.76. The first-order valence-corrected chi connectivity index (χ1v) is 9.21. The van der Waals surface area contributed by atoms with E-state index < -0.39 is 0 Å². The molecule has 1 aromatic heterocycles. The Bertz CT molecular complexity index is 700. The van der Waals surface area contributed by atoms with Crippen LogP contribution in [-0.2, 0) is 6.54 Å². The van der Waals surface area contributed by atoms with Crippen molar-refractivity contribution in [3.8, 4) is 0 Å². The maximum Gasteiger partial charge on any atom is 0.257 e. The number of carbonyl (C=O) groups is 1. The molecular formula is C20H28N4O. The van der Waals surface area contributed by atoms with Gasteiger partial charge in [-0.05, 0) is 18.0 Å². The zero-order chi connectivity index (χ0) is 17.8. The van der Waals surface area contributed by atoms with E-state index >= 15 is 0 Å². The van der Waals surface area contributed by atoms with Crippen LogP contribution >= 0.6 is 0 Å². The topological polar surface area (TPSA) is 41.4 Å². The molecule has 5 nitrogen and oxygen atoms in total. The lowest BCUT2D eigenvalue weighted by atomic mass is 10.0. The average Bonchev–Trinajstić information content (AvgIpc) is 3.06. The van der Waals surface area contributed by atoms with Crippen molar-refractivity contribution in [2.45, 2.75) is 33.2 Å². The summed E-state index contributed by atoms with van der Waals surface area (Å²) < 4.78 is 1.98. The van der Waals surface area contributed by atoms with Gasteiger partial charge in [0.15, 0.2) is 0 Å². The van der Waals surface area contributed by atoms with Gasteiger partial charge in [-0.15, -0.1) is 0 Å². The second-order valence-electron chi connectivity index (χ2n) is 6.97. The smallest absolute Gasteiger partial charge is 0.257 e. The van der Waals surface area contributed by atoms with E-state index in [9.17, 15) is 4.79 Å². The van der Waals surface area contributed by atoms with Crippen LogP contribution in [0.5, 0.6) is 0 Å². The highest BCUT2D eigenvalue weighted by Crippen LogP contribution is 2.22. The molecule has 134 valence electrons. The van der Waals surface area contributed by atoms with Crippen LogP contribution in [-0.4, -0.2) is 58.2 Å². The molecule has 25 heavy (non-hydrogen) atoms. The molecule has 2 heterocycles. The number of rotatable bonds is 5. The maximum atomic E-state index is 13.0. The third-order valence-electron chi connectivity index (χ3n) is 4.94. The lowest BCUT2D eigenvalue weighted by Crippen LogP contribution is -2.48. The summed E-state index contributed by atoms with van der Waals surface area (Å²) in [6, 6.07) is 10.3. The van der Waals surface area contributed by atoms with Crippen molar-refractivity contribution in [3.63, 3.8) is 0 Å². The monoisotopic (exact) mass is 340 g/mol. The average molecular weight is 340 g/mol. The minimum absolute atomic E-state index is 0.124. The van der Waals surface area contributed by atoms with Gasteiger partial charge < -0.3 is 9.80 Å². The van der Waals surface area contributed by atoms with Gasteiger partial charge in [-0.3, -0.25) is 9.48 Å². The van der Waals surface area contributed by atoms with Gasteiger partial charge in [-0.2, -0.15) is 5.10 Å². The SMILES string of the molecule is CCN1CCN(C(=O)c2cnn(Cc3ccccc3)c2C(C)C)CC1. The van der Waals surface area contributed by atoms with Crippen molar-refractivity contribution in [3.05, 3.63) is 53.3 Å². The van der Waals surface area contributed by atoms with Crippen LogP contribution in [0.2, 0.25) is 0 Å². The highest BCUT2D eigenvalue weighted by atomic mass is 16.2. The summed E-state index contributed by atoms with van der Waals surface area (Å²) in [7, 11) is 0. The minimum atomic E-state index is 0.124. The largest absolute Gasteiger partial charge is 0.336 e. The number of carbonyl (C=O) groups excluding carboxylic acids is 1. The predicted octanol–water partition coefficient (Wildman–Crippen LogP) is 2.83. The first kappa shape index (κ1) is 17.7. The molecule has 0 aliphatic carbocycles. The van der Waals surface area contributed by atoms with Gasteiger partial charge in [0.1, 0.15) is 0 Å². The zero-order valence-electron chi connectivity index (χ0n) is 15.5. The Balaban J connectivity index is 1.81. The van der Waals surface area contributed by atoms with E-state index in [1.54, 1.807) is 6.20 Å². The molecule has 0 unspecified atom stereocenters. The molecule has 2 aromatic rings. The van der Waals surface area contributed by atoms with Gasteiger partial charge >= 0.3 is 0 Å². The molecule has 1 aliphatic rings. The third kappa shape index (κ3) is 3.93. The van der Waals surface area contributed by atoms with Crippen molar-refractivity contribution in [2.24, 2.45) is 0 Å². The molecular weight excluding hydrogens is 312 g/mol. The van der Waals surface area contributed by atoms with E-state index in [0.29, 0.717) is 6.54 Å². The van der Waals surface area contributed by atoms with Gasteiger partial charge in [0.2, 0.25) is 0 Å². The Morgan fingerprint density at radius 2 is 1.80 bits per heavy atom. The molecule has 0 spiro atoms. The van der Waals surface area contributed by atoms with Crippen molar-refractivity contribution >= 4 is 5.91 Å². The van der Waals surface area contributed by atoms with Crippen LogP contribution in [0.3, 0.4) is 0 Å². The number of benzene rings is 1. The number of amides is 1. The number of hydrogen-bond acceptors (Lipinski definition) is 3. The molecule has 0 bridgehead atoms. The minimum Gasteiger partial charge on any atom is -0.336 e. The summed E-state index contributed by atoms with van der Waals surface area (Å²) in [6.45, 7) is 11.7. The van der Waals surface area contributed by atoms with Crippen molar-refractivity contribution in [2.75, 3.05) is 32.7 Å². The Morgan fingerprint density at radius 1 is 1.12 bits per heavy atom. The summed E-state index contributed by atoms with van der Waals surface area (Å²) in [4.78, 5) is 17.4. The molecule has 0 N–H and O–H groups in total. The van der Waals surface area contributed by atoms with E-state index in [1.165, 1.54) is 5.56 Å². The number of hydrogen-bond donors (Lipinski definition) is 0. The predicted molar refractivity (Wildman–Crippen MR) is 99.9 cm³/mol. The summed E-state index contributed by atoms with van der Waals surface area (Å²) in [5.41, 5.74) is 2.99. The van der Waals surface area contributed by atoms with Crippen molar-refractivity contribution < 1.29 is 4.79 Å². The molecule has 0 saturated carbocycles. The van der Waals surface area contributed by atoms with Gasteiger partial charge in [0.25, 0.3) is 5.91 Å². The van der Waals surface area contributed by atoms with Crippen molar-refractivity contribution in [1.29, 1.82) is 0 Å². The molecule has 1 aromatic carbocycles. The number of piperazine rings is 1. The summed E-state index contributed by atoms with van der Waals surface area (Å²) in [5.74, 6) is 0.376. The van der Waals surface area contributed by atoms with Gasteiger partial charge in [-0.1, -0.05) is 51.1 Å². The second-order valence-corrected chi connectivity index (χ2v) is 6.97. The highest BCUT2D eigenvalue weighted by molar-refractivity contribution is 5.95. The quantitative estimate of drug-likeness (QED) is 0.840. The molecule has 1 amide bonds. The van der Waals surface area contributed by atoms with Gasteiger partial charge in [0, 0.05) is 26.2 Å². The van der Waals surface area contributed by atoms with E-state index in [0.717, 1.165) is 44.0 Å². The van der Waals surface area contributed by atoms with Gasteiger partial charge in [-0.25, -0.2) is 0 Å². The van der Waals surface area contributed by atoms with Crippen LogP contribution in [0.4, 0.5) is 0 Å². The molecule has 3 rings (SSSR count). The van der Waals surface area contributed by atoms with Crippen LogP contribution in [0.15, 0.2) is 36.5 Å². The van der Waals surface area contributed by atoms with E-state index in [4.69, 9.17) is 0 Å². The fourth-order valence-electron chi connectivity index (χ4n) is 3.49. The number of likely N-dealkylation sites (N-methyl/N-ethyl adjacent to an activating group) is 1. The van der Waals surface area contributed by atoms with E-state index in [-0.39, 0.29) is 11.8 Å². The first-order chi connectivity index (χ1) is 12.1. The zero-order valence-corrected chi connectivity index (χ0v) is 15.5. The fraction of sp³-hybridized carbons (Fsp3) is 0.500. The van der Waals surface area contributed by atoms with Crippen molar-refractivity contribution in [1.82, 2.24) is 19.6 Å².